The molecule has 0 fully saturated rings. The lowest BCUT2D eigenvalue weighted by Gasteiger charge is -2.15. The lowest BCUT2D eigenvalue weighted by atomic mass is 10.2. The summed E-state index contributed by atoms with van der Waals surface area (Å²) in [5.41, 5.74) is 0.653. The van der Waals surface area contributed by atoms with Crippen molar-refractivity contribution >= 4 is 52.1 Å². The van der Waals surface area contributed by atoms with Gasteiger partial charge in [-0.05, 0) is 12.1 Å². The number of methoxy groups -OCH3 is 2. The van der Waals surface area contributed by atoms with Crippen molar-refractivity contribution in [1.82, 2.24) is 9.97 Å². The third-order valence-electron chi connectivity index (χ3n) is 4.06. The van der Waals surface area contributed by atoms with E-state index in [1.54, 1.807) is 24.3 Å². The molecule has 0 saturated heterocycles. The Morgan fingerprint density at radius 3 is 2.48 bits per heavy atom. The molecule has 1 aromatic heterocycles. The molecule has 11 heteroatoms. The van der Waals surface area contributed by atoms with Crippen LogP contribution in [-0.4, -0.2) is 36.6 Å². The van der Waals surface area contributed by atoms with Crippen LogP contribution in [0.5, 0.6) is 11.5 Å². The Bertz CT molecular complexity index is 1100. The second-order valence-corrected chi connectivity index (χ2v) is 6.84. The number of halogens is 3. The largest absolute Gasteiger partial charge is 0.495 e. The molecular weight excluding hydrogens is 448 g/mol. The van der Waals surface area contributed by atoms with Gasteiger partial charge in [0.1, 0.15) is 39.6 Å². The predicted octanol–water partition coefficient (Wildman–Crippen LogP) is 4.73. The van der Waals surface area contributed by atoms with Gasteiger partial charge in [0.25, 0.3) is 0 Å². The Morgan fingerprint density at radius 2 is 1.77 bits per heavy atom. The van der Waals surface area contributed by atoms with Gasteiger partial charge in [0.15, 0.2) is 5.75 Å². The van der Waals surface area contributed by atoms with Crippen LogP contribution in [0.3, 0.4) is 0 Å². The summed E-state index contributed by atoms with van der Waals surface area (Å²) >= 11 is 12.4. The van der Waals surface area contributed by atoms with E-state index in [2.05, 4.69) is 25.9 Å². The van der Waals surface area contributed by atoms with E-state index in [-0.39, 0.29) is 33.8 Å². The molecule has 0 aliphatic carbocycles. The van der Waals surface area contributed by atoms with Gasteiger partial charge in [0.2, 0.25) is 5.91 Å². The van der Waals surface area contributed by atoms with Crippen molar-refractivity contribution in [2.24, 2.45) is 0 Å². The maximum Gasteiger partial charge on any atom is 0.244 e. The van der Waals surface area contributed by atoms with E-state index in [0.717, 1.165) is 0 Å². The fourth-order valence-electron chi connectivity index (χ4n) is 2.60. The molecule has 3 N–H and O–H groups in total. The van der Waals surface area contributed by atoms with Crippen LogP contribution in [0.2, 0.25) is 10.0 Å². The Morgan fingerprint density at radius 1 is 1.03 bits per heavy atom. The van der Waals surface area contributed by atoms with Crippen LogP contribution in [0.4, 0.5) is 27.4 Å². The quantitative estimate of drug-likeness (QED) is 0.442. The Labute approximate surface area is 187 Å². The highest BCUT2D eigenvalue weighted by atomic mass is 35.5. The number of nitrogens with one attached hydrogen (secondary N) is 3. The highest BCUT2D eigenvalue weighted by Crippen LogP contribution is 2.44. The number of nitrogens with zero attached hydrogens (tertiary/aromatic N) is 2. The molecule has 0 bridgehead atoms. The van der Waals surface area contributed by atoms with Crippen molar-refractivity contribution < 1.29 is 18.7 Å². The lowest BCUT2D eigenvalue weighted by Crippen LogP contribution is -2.22. The average Bonchev–Trinajstić information content (AvgIpc) is 2.75. The number of rotatable bonds is 8. The van der Waals surface area contributed by atoms with E-state index in [0.29, 0.717) is 17.3 Å². The minimum absolute atomic E-state index is 0.131. The molecule has 3 aromatic rings. The fraction of sp³-hybridized carbons (Fsp3) is 0.150. The number of anilines is 4. The van der Waals surface area contributed by atoms with Crippen molar-refractivity contribution in [2.45, 2.75) is 0 Å². The Balaban J connectivity index is 1.66. The van der Waals surface area contributed by atoms with E-state index in [1.807, 2.05) is 0 Å². The zero-order valence-corrected chi connectivity index (χ0v) is 18.0. The third-order valence-corrected chi connectivity index (χ3v) is 4.79. The maximum atomic E-state index is 13.8. The normalized spacial score (nSPS) is 10.4. The SMILES string of the molecule is COc1cc(NCC(=O)Nc2cc(Nc3ccccc3F)ncn2)c(Cl)c(OC)c1Cl. The van der Waals surface area contributed by atoms with Crippen molar-refractivity contribution in [2.75, 3.05) is 36.7 Å². The van der Waals surface area contributed by atoms with E-state index >= 15 is 0 Å². The van der Waals surface area contributed by atoms with Crippen LogP contribution < -0.4 is 25.4 Å². The van der Waals surface area contributed by atoms with Gasteiger partial charge in [0, 0.05) is 12.1 Å². The predicted molar refractivity (Wildman–Crippen MR) is 118 cm³/mol. The summed E-state index contributed by atoms with van der Waals surface area (Å²) in [5.74, 6) is 0.286. The topological polar surface area (TPSA) is 97.4 Å². The first-order valence-corrected chi connectivity index (χ1v) is 9.65. The van der Waals surface area contributed by atoms with Crippen LogP contribution in [0.25, 0.3) is 0 Å². The van der Waals surface area contributed by atoms with E-state index in [4.69, 9.17) is 32.7 Å². The smallest absolute Gasteiger partial charge is 0.244 e. The second-order valence-electron chi connectivity index (χ2n) is 6.08. The first-order valence-electron chi connectivity index (χ1n) is 8.90. The number of carbonyl (C=O) groups is 1. The van der Waals surface area contributed by atoms with Crippen molar-refractivity contribution in [3.05, 3.63) is 58.6 Å². The number of benzene rings is 2. The molecule has 162 valence electrons. The summed E-state index contributed by atoms with van der Waals surface area (Å²) in [6.45, 7) is -0.131. The second kappa shape index (κ2) is 10.1. The van der Waals surface area contributed by atoms with Crippen molar-refractivity contribution in [3.8, 4) is 11.5 Å². The summed E-state index contributed by atoms with van der Waals surface area (Å²) in [6, 6.07) is 9.19. The molecule has 31 heavy (non-hydrogen) atoms. The van der Waals surface area contributed by atoms with Crippen LogP contribution >= 0.6 is 23.2 Å². The molecule has 0 saturated carbocycles. The number of carbonyl (C=O) groups excluding carboxylic acids is 1. The van der Waals surface area contributed by atoms with E-state index < -0.39 is 11.7 Å². The lowest BCUT2D eigenvalue weighted by molar-refractivity contribution is -0.114. The number of hydrogen-bond donors (Lipinski definition) is 3. The number of aromatic nitrogens is 2. The molecule has 3 rings (SSSR count). The minimum Gasteiger partial charge on any atom is -0.495 e. The summed E-state index contributed by atoms with van der Waals surface area (Å²) in [7, 11) is 2.87. The standard InChI is InChI=1S/C20H18Cl2FN5O3/c1-30-14-7-13(18(21)20(31-2)19(14)22)24-9-17(29)28-16-8-15(25-10-26-16)27-12-6-4-3-5-11(12)23/h3-8,10,24H,9H2,1-2H3,(H2,25,26,27,28,29). The number of ether oxygens (including phenoxy) is 2. The highest BCUT2D eigenvalue weighted by Gasteiger charge is 2.17. The Kier molecular flexibility index (Phi) is 7.32. The van der Waals surface area contributed by atoms with Gasteiger partial charge in [-0.15, -0.1) is 0 Å². The Hall–Kier alpha value is -3.30. The molecule has 0 aliphatic heterocycles. The minimum atomic E-state index is -0.429. The summed E-state index contributed by atoms with van der Waals surface area (Å²) in [6.07, 6.45) is 1.25. The molecule has 2 aromatic carbocycles. The van der Waals surface area contributed by atoms with Gasteiger partial charge in [-0.1, -0.05) is 35.3 Å². The fourth-order valence-corrected chi connectivity index (χ4v) is 3.25. The molecule has 0 unspecified atom stereocenters. The van der Waals surface area contributed by atoms with Crippen LogP contribution in [-0.2, 0) is 4.79 Å². The van der Waals surface area contributed by atoms with Gasteiger partial charge in [-0.3, -0.25) is 4.79 Å². The summed E-state index contributed by atoms with van der Waals surface area (Å²) in [4.78, 5) is 20.4. The number of hydrogen-bond acceptors (Lipinski definition) is 7. The molecule has 0 spiro atoms. The molecule has 0 atom stereocenters. The highest BCUT2D eigenvalue weighted by molar-refractivity contribution is 6.39. The van der Waals surface area contributed by atoms with Crippen molar-refractivity contribution in [3.63, 3.8) is 0 Å². The monoisotopic (exact) mass is 465 g/mol. The average molecular weight is 466 g/mol. The van der Waals surface area contributed by atoms with E-state index in [9.17, 15) is 9.18 Å². The molecular formula is C20H18Cl2FN5O3. The van der Waals surface area contributed by atoms with Gasteiger partial charge in [-0.25, -0.2) is 14.4 Å². The summed E-state index contributed by atoms with van der Waals surface area (Å²) in [5, 5.41) is 8.79. The van der Waals surface area contributed by atoms with E-state index in [1.165, 1.54) is 32.7 Å². The summed E-state index contributed by atoms with van der Waals surface area (Å²) < 4.78 is 24.2. The van der Waals surface area contributed by atoms with Crippen molar-refractivity contribution in [1.29, 1.82) is 0 Å². The zero-order valence-electron chi connectivity index (χ0n) is 16.5. The van der Waals surface area contributed by atoms with Gasteiger partial charge in [0.05, 0.1) is 32.1 Å². The first kappa shape index (κ1) is 22.4. The number of para-hydroxylation sites is 1. The zero-order chi connectivity index (χ0) is 22.4. The van der Waals surface area contributed by atoms with Crippen LogP contribution in [0, 0.1) is 5.82 Å². The third kappa shape index (κ3) is 5.44. The maximum absolute atomic E-state index is 13.8. The van der Waals surface area contributed by atoms with Crippen LogP contribution in [0.1, 0.15) is 0 Å². The molecule has 8 nitrogen and oxygen atoms in total. The molecule has 0 aliphatic rings. The molecule has 1 heterocycles. The molecule has 1 amide bonds. The molecule has 0 radical (unpaired) electrons. The van der Waals surface area contributed by atoms with Gasteiger partial charge >= 0.3 is 0 Å². The van der Waals surface area contributed by atoms with Gasteiger partial charge in [-0.2, -0.15) is 0 Å². The van der Waals surface area contributed by atoms with Crippen LogP contribution in [0.15, 0.2) is 42.7 Å². The van der Waals surface area contributed by atoms with Gasteiger partial charge < -0.3 is 25.4 Å². The first-order chi connectivity index (χ1) is 14.9. The number of amides is 1.